The normalized spacial score (nSPS) is 10.5. The number of benzene rings is 1. The van der Waals surface area contributed by atoms with Crippen molar-refractivity contribution in [3.8, 4) is 0 Å². The quantitative estimate of drug-likeness (QED) is 0.677. The number of halogens is 1. The minimum atomic E-state index is -0.491. The van der Waals surface area contributed by atoms with Crippen LogP contribution in [0.5, 0.6) is 0 Å². The Kier molecular flexibility index (Phi) is 3.76. The molecule has 1 N–H and O–H groups in total. The molecule has 100 valence electrons. The molecule has 0 saturated carbocycles. The molecule has 6 heteroatoms. The van der Waals surface area contributed by atoms with Gasteiger partial charge >= 0.3 is 0 Å². The van der Waals surface area contributed by atoms with Crippen LogP contribution in [0.2, 0.25) is 5.02 Å². The maximum absolute atomic E-state index is 10.8. The number of hydrogen-bond acceptors (Lipinski definition) is 4. The topological polar surface area (TPSA) is 68.3 Å². The van der Waals surface area contributed by atoms with Crippen LogP contribution in [-0.2, 0) is 6.54 Å². The third-order valence-corrected chi connectivity index (χ3v) is 3.04. The van der Waals surface area contributed by atoms with Crippen molar-refractivity contribution >= 4 is 23.0 Å². The van der Waals surface area contributed by atoms with Gasteiger partial charge < -0.3 is 9.73 Å². The summed E-state index contributed by atoms with van der Waals surface area (Å²) in [5, 5.41) is 14.0. The second kappa shape index (κ2) is 5.32. The Hall–Kier alpha value is -2.01. The highest BCUT2D eigenvalue weighted by Crippen LogP contribution is 2.30. The van der Waals surface area contributed by atoms with Crippen molar-refractivity contribution in [1.29, 1.82) is 0 Å². The molecule has 0 unspecified atom stereocenters. The van der Waals surface area contributed by atoms with Crippen molar-refractivity contribution in [3.05, 3.63) is 56.5 Å². The standard InChI is InChI=1S/C13H13ClN2O3/c1-8-5-13(16(17)18)11(14)6-12(8)15-7-10-4-3-9(2)19-10/h3-6,15H,7H2,1-2H3. The summed E-state index contributed by atoms with van der Waals surface area (Å²) in [7, 11) is 0. The third-order valence-electron chi connectivity index (χ3n) is 2.74. The molecular weight excluding hydrogens is 268 g/mol. The molecule has 0 radical (unpaired) electrons. The van der Waals surface area contributed by atoms with Crippen LogP contribution in [0.15, 0.2) is 28.7 Å². The molecule has 2 rings (SSSR count). The Morgan fingerprint density at radius 3 is 2.68 bits per heavy atom. The molecule has 0 aliphatic carbocycles. The van der Waals surface area contributed by atoms with Gasteiger partial charge in [0.1, 0.15) is 16.5 Å². The van der Waals surface area contributed by atoms with Gasteiger partial charge in [-0.3, -0.25) is 10.1 Å². The highest BCUT2D eigenvalue weighted by Gasteiger charge is 2.15. The molecule has 0 bridgehead atoms. The maximum Gasteiger partial charge on any atom is 0.288 e. The zero-order valence-corrected chi connectivity index (χ0v) is 11.3. The van der Waals surface area contributed by atoms with Crippen molar-refractivity contribution in [3.63, 3.8) is 0 Å². The molecule has 0 amide bonds. The van der Waals surface area contributed by atoms with E-state index in [1.165, 1.54) is 6.07 Å². The van der Waals surface area contributed by atoms with E-state index in [-0.39, 0.29) is 10.7 Å². The van der Waals surface area contributed by atoms with Crippen molar-refractivity contribution in [2.24, 2.45) is 0 Å². The summed E-state index contributed by atoms with van der Waals surface area (Å²) in [6.45, 7) is 4.17. The summed E-state index contributed by atoms with van der Waals surface area (Å²) in [4.78, 5) is 10.3. The zero-order chi connectivity index (χ0) is 14.0. The first-order chi connectivity index (χ1) is 8.97. The Bertz CT molecular complexity index is 622. The first kappa shape index (κ1) is 13.4. The van der Waals surface area contributed by atoms with Crippen molar-refractivity contribution in [1.82, 2.24) is 0 Å². The van der Waals surface area contributed by atoms with Gasteiger partial charge in [-0.1, -0.05) is 11.6 Å². The first-order valence-electron chi connectivity index (χ1n) is 5.71. The molecule has 1 aromatic carbocycles. The molecule has 0 saturated heterocycles. The van der Waals surface area contributed by atoms with Crippen molar-refractivity contribution in [2.45, 2.75) is 20.4 Å². The number of anilines is 1. The van der Waals surface area contributed by atoms with Gasteiger partial charge in [0, 0.05) is 11.8 Å². The Balaban J connectivity index is 2.17. The number of nitrogens with zero attached hydrogens (tertiary/aromatic N) is 1. The van der Waals surface area contributed by atoms with Gasteiger partial charge in [-0.25, -0.2) is 0 Å². The van der Waals surface area contributed by atoms with E-state index in [4.69, 9.17) is 16.0 Å². The lowest BCUT2D eigenvalue weighted by Crippen LogP contribution is -2.01. The van der Waals surface area contributed by atoms with Gasteiger partial charge in [-0.2, -0.15) is 0 Å². The lowest BCUT2D eigenvalue weighted by atomic mass is 10.1. The number of nitrogens with one attached hydrogen (secondary N) is 1. The van der Waals surface area contributed by atoms with Crippen LogP contribution in [0, 0.1) is 24.0 Å². The zero-order valence-electron chi connectivity index (χ0n) is 10.6. The molecule has 2 aromatic rings. The number of furan rings is 1. The number of rotatable bonds is 4. The highest BCUT2D eigenvalue weighted by atomic mass is 35.5. The van der Waals surface area contributed by atoms with E-state index in [1.54, 1.807) is 13.0 Å². The van der Waals surface area contributed by atoms with Crippen LogP contribution in [0.25, 0.3) is 0 Å². The van der Waals surface area contributed by atoms with Gasteiger partial charge in [-0.15, -0.1) is 0 Å². The molecular formula is C13H13ClN2O3. The SMILES string of the molecule is Cc1ccc(CNc2cc(Cl)c([N+](=O)[O-])cc2C)o1. The fourth-order valence-electron chi connectivity index (χ4n) is 1.76. The minimum absolute atomic E-state index is 0.0847. The largest absolute Gasteiger partial charge is 0.465 e. The summed E-state index contributed by atoms with van der Waals surface area (Å²) < 4.78 is 5.43. The number of nitro groups is 1. The molecule has 5 nitrogen and oxygen atoms in total. The van der Waals surface area contributed by atoms with Gasteiger partial charge in [0.05, 0.1) is 11.5 Å². The second-order valence-corrected chi connectivity index (χ2v) is 4.65. The summed E-state index contributed by atoms with van der Waals surface area (Å²) in [6, 6.07) is 6.78. The lowest BCUT2D eigenvalue weighted by Gasteiger charge is -2.09. The monoisotopic (exact) mass is 280 g/mol. The van der Waals surface area contributed by atoms with Gasteiger partial charge in [-0.05, 0) is 37.6 Å². The molecule has 1 aromatic heterocycles. The Morgan fingerprint density at radius 2 is 2.11 bits per heavy atom. The van der Waals surface area contributed by atoms with Crippen LogP contribution in [0.3, 0.4) is 0 Å². The second-order valence-electron chi connectivity index (χ2n) is 4.24. The summed E-state index contributed by atoms with van der Waals surface area (Å²) in [5.41, 5.74) is 1.43. The Labute approximate surface area is 115 Å². The predicted molar refractivity (Wildman–Crippen MR) is 73.6 cm³/mol. The van der Waals surface area contributed by atoms with E-state index >= 15 is 0 Å². The molecule has 0 spiro atoms. The van der Waals surface area contributed by atoms with E-state index in [9.17, 15) is 10.1 Å². The number of hydrogen-bond donors (Lipinski definition) is 1. The van der Waals surface area contributed by atoms with Crippen molar-refractivity contribution in [2.75, 3.05) is 5.32 Å². The molecule has 0 atom stereocenters. The smallest absolute Gasteiger partial charge is 0.288 e. The van der Waals surface area contributed by atoms with E-state index in [1.807, 2.05) is 19.1 Å². The molecule has 19 heavy (non-hydrogen) atoms. The van der Waals surface area contributed by atoms with E-state index < -0.39 is 4.92 Å². The molecule has 0 aliphatic rings. The Morgan fingerprint density at radius 1 is 1.37 bits per heavy atom. The summed E-state index contributed by atoms with van der Waals surface area (Å²) in [6.07, 6.45) is 0. The van der Waals surface area contributed by atoms with Crippen LogP contribution in [0.4, 0.5) is 11.4 Å². The van der Waals surface area contributed by atoms with Crippen molar-refractivity contribution < 1.29 is 9.34 Å². The minimum Gasteiger partial charge on any atom is -0.465 e. The van der Waals surface area contributed by atoms with E-state index in [2.05, 4.69) is 5.32 Å². The fourth-order valence-corrected chi connectivity index (χ4v) is 1.99. The lowest BCUT2D eigenvalue weighted by molar-refractivity contribution is -0.384. The average molecular weight is 281 g/mol. The average Bonchev–Trinajstić information content (AvgIpc) is 2.75. The van der Waals surface area contributed by atoms with Crippen LogP contribution in [0.1, 0.15) is 17.1 Å². The number of nitro benzene ring substituents is 1. The van der Waals surface area contributed by atoms with E-state index in [0.717, 1.165) is 22.8 Å². The van der Waals surface area contributed by atoms with Crippen LogP contribution < -0.4 is 5.32 Å². The maximum atomic E-state index is 10.8. The first-order valence-corrected chi connectivity index (χ1v) is 6.09. The van der Waals surface area contributed by atoms with Crippen LogP contribution in [-0.4, -0.2) is 4.92 Å². The summed E-state index contributed by atoms with van der Waals surface area (Å²) >= 11 is 5.88. The fraction of sp³-hybridized carbons (Fsp3) is 0.231. The molecule has 0 aliphatic heterocycles. The highest BCUT2D eigenvalue weighted by molar-refractivity contribution is 6.33. The predicted octanol–water partition coefficient (Wildman–Crippen LogP) is 4.07. The van der Waals surface area contributed by atoms with E-state index in [0.29, 0.717) is 6.54 Å². The number of aryl methyl sites for hydroxylation is 2. The molecule has 0 fully saturated rings. The van der Waals surface area contributed by atoms with Crippen LogP contribution >= 0.6 is 11.6 Å². The van der Waals surface area contributed by atoms with Gasteiger partial charge in [0.25, 0.3) is 5.69 Å². The van der Waals surface area contributed by atoms with Gasteiger partial charge in [0.15, 0.2) is 0 Å². The third kappa shape index (κ3) is 3.06. The summed E-state index contributed by atoms with van der Waals surface area (Å²) in [5.74, 6) is 1.64. The van der Waals surface area contributed by atoms with Gasteiger partial charge in [0.2, 0.25) is 0 Å². The molecule has 1 heterocycles.